The molecule has 0 radical (unpaired) electrons. The van der Waals surface area contributed by atoms with Gasteiger partial charge in [-0.1, -0.05) is 25.7 Å². The van der Waals surface area contributed by atoms with Crippen LogP contribution in [0.25, 0.3) is 0 Å². The van der Waals surface area contributed by atoms with Crippen molar-refractivity contribution in [1.29, 1.82) is 0 Å². The maximum absolute atomic E-state index is 11.2. The predicted molar refractivity (Wildman–Crippen MR) is 45.2 cm³/mol. The van der Waals surface area contributed by atoms with E-state index in [4.69, 9.17) is 5.73 Å². The molecule has 1 saturated carbocycles. The monoisotopic (exact) mass is 155 g/mol. The molecule has 0 spiro atoms. The van der Waals surface area contributed by atoms with Crippen molar-refractivity contribution in [2.45, 2.75) is 45.1 Å². The topological polar surface area (TPSA) is 43.1 Å². The summed E-state index contributed by atoms with van der Waals surface area (Å²) in [7, 11) is 0. The van der Waals surface area contributed by atoms with Crippen LogP contribution in [0.4, 0.5) is 0 Å². The van der Waals surface area contributed by atoms with Gasteiger partial charge in [0, 0.05) is 6.42 Å². The molecule has 0 unspecified atom stereocenters. The summed E-state index contributed by atoms with van der Waals surface area (Å²) in [6, 6.07) is -0.254. The van der Waals surface area contributed by atoms with Gasteiger partial charge in [0.2, 0.25) is 0 Å². The van der Waals surface area contributed by atoms with Gasteiger partial charge in [-0.05, 0) is 12.8 Å². The minimum absolute atomic E-state index is 0.233. The highest BCUT2D eigenvalue weighted by molar-refractivity contribution is 5.83. The van der Waals surface area contributed by atoms with Crippen molar-refractivity contribution in [3.05, 3.63) is 0 Å². The van der Waals surface area contributed by atoms with Crippen molar-refractivity contribution in [3.8, 4) is 0 Å². The average molecular weight is 155 g/mol. The zero-order valence-corrected chi connectivity index (χ0v) is 7.18. The Hall–Kier alpha value is -0.370. The Morgan fingerprint density at radius 3 is 2.55 bits per heavy atom. The second-order valence-corrected chi connectivity index (χ2v) is 3.61. The van der Waals surface area contributed by atoms with Crippen molar-refractivity contribution in [2.75, 3.05) is 0 Å². The number of rotatable bonds is 3. The third kappa shape index (κ3) is 2.62. The highest BCUT2D eigenvalue weighted by Gasteiger charge is 2.19. The lowest BCUT2D eigenvalue weighted by atomic mass is 9.98. The number of nitrogens with two attached hydrogens (primary N) is 1. The minimum atomic E-state index is -0.254. The van der Waals surface area contributed by atoms with E-state index in [1.54, 1.807) is 6.92 Å². The van der Waals surface area contributed by atoms with Crippen LogP contribution >= 0.6 is 0 Å². The van der Waals surface area contributed by atoms with Crippen molar-refractivity contribution < 1.29 is 4.79 Å². The minimum Gasteiger partial charge on any atom is -0.322 e. The van der Waals surface area contributed by atoms with Crippen molar-refractivity contribution in [2.24, 2.45) is 11.7 Å². The Balaban J connectivity index is 2.24. The van der Waals surface area contributed by atoms with Gasteiger partial charge < -0.3 is 5.73 Å². The van der Waals surface area contributed by atoms with Gasteiger partial charge in [-0.15, -0.1) is 0 Å². The third-order valence-electron chi connectivity index (χ3n) is 2.47. The molecule has 1 aliphatic carbocycles. The van der Waals surface area contributed by atoms with Gasteiger partial charge in [-0.25, -0.2) is 0 Å². The fraction of sp³-hybridized carbons (Fsp3) is 0.889. The number of hydrogen-bond acceptors (Lipinski definition) is 2. The van der Waals surface area contributed by atoms with Gasteiger partial charge in [-0.2, -0.15) is 0 Å². The van der Waals surface area contributed by atoms with Gasteiger partial charge in [-0.3, -0.25) is 4.79 Å². The maximum Gasteiger partial charge on any atom is 0.149 e. The fourth-order valence-corrected chi connectivity index (χ4v) is 1.68. The molecule has 1 fully saturated rings. The first-order chi connectivity index (χ1) is 5.20. The third-order valence-corrected chi connectivity index (χ3v) is 2.47. The Bertz CT molecular complexity index is 136. The van der Waals surface area contributed by atoms with E-state index in [1.165, 1.54) is 25.7 Å². The van der Waals surface area contributed by atoms with Crippen LogP contribution in [0.1, 0.15) is 39.0 Å². The molecule has 0 aromatic heterocycles. The second kappa shape index (κ2) is 3.86. The standard InChI is InChI=1S/C9H17NO/c1-7(10)9(11)6-8-4-2-3-5-8/h7-8H,2-6,10H2,1H3/t7-/m0/s1. The lowest BCUT2D eigenvalue weighted by molar-refractivity contribution is -0.120. The molecule has 2 nitrogen and oxygen atoms in total. The van der Waals surface area contributed by atoms with Crippen LogP contribution < -0.4 is 5.73 Å². The van der Waals surface area contributed by atoms with E-state index >= 15 is 0 Å². The summed E-state index contributed by atoms with van der Waals surface area (Å²) in [4.78, 5) is 11.2. The molecule has 0 saturated heterocycles. The number of ketones is 1. The van der Waals surface area contributed by atoms with Crippen molar-refractivity contribution in [1.82, 2.24) is 0 Å². The Kier molecular flexibility index (Phi) is 3.06. The number of hydrogen-bond donors (Lipinski definition) is 1. The molecule has 0 heterocycles. The van der Waals surface area contributed by atoms with Crippen LogP contribution in [0.5, 0.6) is 0 Å². The fourth-order valence-electron chi connectivity index (χ4n) is 1.68. The quantitative estimate of drug-likeness (QED) is 0.671. The first-order valence-electron chi connectivity index (χ1n) is 4.48. The molecule has 64 valence electrons. The summed E-state index contributed by atoms with van der Waals surface area (Å²) < 4.78 is 0. The summed E-state index contributed by atoms with van der Waals surface area (Å²) in [5.41, 5.74) is 5.46. The molecule has 1 rings (SSSR count). The van der Waals surface area contributed by atoms with Crippen LogP contribution in [-0.4, -0.2) is 11.8 Å². The van der Waals surface area contributed by atoms with E-state index < -0.39 is 0 Å². The van der Waals surface area contributed by atoms with E-state index in [2.05, 4.69) is 0 Å². The van der Waals surface area contributed by atoms with E-state index in [0.29, 0.717) is 5.92 Å². The molecule has 2 N–H and O–H groups in total. The molecule has 0 amide bonds. The highest BCUT2D eigenvalue weighted by Crippen LogP contribution is 2.27. The lowest BCUT2D eigenvalue weighted by Crippen LogP contribution is -2.27. The predicted octanol–water partition coefficient (Wildman–Crippen LogP) is 1.48. The van der Waals surface area contributed by atoms with Crippen molar-refractivity contribution in [3.63, 3.8) is 0 Å². The Morgan fingerprint density at radius 2 is 2.09 bits per heavy atom. The first kappa shape index (κ1) is 8.72. The molecule has 2 heteroatoms. The van der Waals surface area contributed by atoms with Gasteiger partial charge in [0.1, 0.15) is 5.78 Å². The van der Waals surface area contributed by atoms with E-state index in [-0.39, 0.29) is 11.8 Å². The summed E-state index contributed by atoms with van der Waals surface area (Å²) in [6.07, 6.45) is 5.79. The van der Waals surface area contributed by atoms with Crippen LogP contribution in [0.2, 0.25) is 0 Å². The van der Waals surface area contributed by atoms with E-state index in [0.717, 1.165) is 6.42 Å². The SMILES string of the molecule is C[C@H](N)C(=O)CC1CCCC1. The van der Waals surface area contributed by atoms with Crippen molar-refractivity contribution >= 4 is 5.78 Å². The second-order valence-electron chi connectivity index (χ2n) is 3.61. The van der Waals surface area contributed by atoms with Crippen LogP contribution in [0, 0.1) is 5.92 Å². The van der Waals surface area contributed by atoms with Gasteiger partial charge >= 0.3 is 0 Å². The van der Waals surface area contributed by atoms with E-state index in [9.17, 15) is 4.79 Å². The normalized spacial score (nSPS) is 22.0. The van der Waals surface area contributed by atoms with Gasteiger partial charge in [0.05, 0.1) is 6.04 Å². The number of Topliss-reactive ketones (excluding diaryl/α,β-unsaturated/α-hetero) is 1. The molecule has 1 aliphatic rings. The molecule has 0 aliphatic heterocycles. The van der Waals surface area contributed by atoms with Gasteiger partial charge in [0.25, 0.3) is 0 Å². The lowest BCUT2D eigenvalue weighted by Gasteiger charge is -2.09. The molecule has 0 bridgehead atoms. The van der Waals surface area contributed by atoms with Crippen LogP contribution in [-0.2, 0) is 4.79 Å². The summed E-state index contributed by atoms with van der Waals surface area (Å²) in [6.45, 7) is 1.78. The average Bonchev–Trinajstić information content (AvgIpc) is 2.39. The summed E-state index contributed by atoms with van der Waals surface area (Å²) >= 11 is 0. The maximum atomic E-state index is 11.2. The molecule has 11 heavy (non-hydrogen) atoms. The Morgan fingerprint density at radius 1 is 1.55 bits per heavy atom. The first-order valence-corrected chi connectivity index (χ1v) is 4.48. The number of carbonyl (C=O) groups excluding carboxylic acids is 1. The Labute approximate surface area is 68.2 Å². The molecule has 0 aromatic rings. The van der Waals surface area contributed by atoms with Crippen LogP contribution in [0.3, 0.4) is 0 Å². The summed E-state index contributed by atoms with van der Waals surface area (Å²) in [5, 5.41) is 0. The largest absolute Gasteiger partial charge is 0.322 e. The zero-order chi connectivity index (χ0) is 8.27. The van der Waals surface area contributed by atoms with Gasteiger partial charge in [0.15, 0.2) is 0 Å². The molecular formula is C9H17NO. The number of carbonyl (C=O) groups is 1. The molecule has 1 atom stereocenters. The molecular weight excluding hydrogens is 138 g/mol. The smallest absolute Gasteiger partial charge is 0.149 e. The zero-order valence-electron chi connectivity index (χ0n) is 7.18. The highest BCUT2D eigenvalue weighted by atomic mass is 16.1. The van der Waals surface area contributed by atoms with E-state index in [1.807, 2.05) is 0 Å². The molecule has 0 aromatic carbocycles. The van der Waals surface area contributed by atoms with Crippen LogP contribution in [0.15, 0.2) is 0 Å². The summed E-state index contributed by atoms with van der Waals surface area (Å²) in [5.74, 6) is 0.880.